The highest BCUT2D eigenvalue weighted by molar-refractivity contribution is 8.18. The number of aromatic carboxylic acids is 1. The number of hydrogen-bond donors (Lipinski definition) is 2. The number of hydrogen-bond acceptors (Lipinski definition) is 6. The Labute approximate surface area is 198 Å². The molecule has 0 aliphatic carbocycles. The van der Waals surface area contributed by atoms with Gasteiger partial charge in [-0.2, -0.15) is 0 Å². The normalized spacial score (nSPS) is 13.7. The molecule has 1 fully saturated rings. The summed E-state index contributed by atoms with van der Waals surface area (Å²) >= 11 is 6.95. The van der Waals surface area contributed by atoms with Crippen molar-refractivity contribution in [3.8, 4) is 5.75 Å². The topological polar surface area (TPSA) is 110 Å². The summed E-state index contributed by atoms with van der Waals surface area (Å²) in [4.78, 5) is 45.2. The highest BCUT2D eigenvalue weighted by Gasteiger charge is 2.25. The minimum atomic E-state index is -0.879. The molecule has 3 aromatic rings. The van der Waals surface area contributed by atoms with Crippen molar-refractivity contribution in [1.29, 1.82) is 0 Å². The number of halogens is 1. The van der Waals surface area contributed by atoms with E-state index in [0.717, 1.165) is 11.8 Å². The lowest BCUT2D eigenvalue weighted by atomic mass is 10.2. The van der Waals surface area contributed by atoms with E-state index >= 15 is 0 Å². The fourth-order valence-corrected chi connectivity index (χ4v) is 3.49. The SMILES string of the molecule is O=C(O)c1ccccc1.O=C1NC(=O)/C(=C/c2ccc(OC(=O)c3ccccc3)c(Cl)c2)S1. The molecule has 166 valence electrons. The van der Waals surface area contributed by atoms with E-state index < -0.39 is 23.1 Å². The number of carbonyl (C=O) groups is 4. The third-order valence-corrected chi connectivity index (χ3v) is 5.23. The minimum absolute atomic E-state index is 0.215. The molecule has 0 unspecified atom stereocenters. The molecule has 3 aromatic carbocycles. The Kier molecular flexibility index (Phi) is 8.01. The van der Waals surface area contributed by atoms with Gasteiger partial charge in [0.2, 0.25) is 0 Å². The number of imide groups is 1. The summed E-state index contributed by atoms with van der Waals surface area (Å²) < 4.78 is 5.26. The molecule has 1 saturated heterocycles. The van der Waals surface area contributed by atoms with Crippen LogP contribution in [-0.2, 0) is 4.79 Å². The number of nitrogens with one attached hydrogen (secondary N) is 1. The fraction of sp³-hybridized carbons (Fsp3) is 0. The Morgan fingerprint density at radius 1 is 0.909 bits per heavy atom. The monoisotopic (exact) mass is 481 g/mol. The van der Waals surface area contributed by atoms with Crippen LogP contribution in [-0.4, -0.2) is 28.2 Å². The average molecular weight is 482 g/mol. The molecule has 0 saturated carbocycles. The van der Waals surface area contributed by atoms with E-state index in [2.05, 4.69) is 5.32 Å². The number of carbonyl (C=O) groups excluding carboxylic acids is 3. The first kappa shape index (κ1) is 23.8. The van der Waals surface area contributed by atoms with Crippen molar-refractivity contribution in [3.05, 3.63) is 105 Å². The van der Waals surface area contributed by atoms with Gasteiger partial charge in [-0.25, -0.2) is 9.59 Å². The number of rotatable bonds is 4. The van der Waals surface area contributed by atoms with Crippen molar-refractivity contribution in [2.45, 2.75) is 0 Å². The molecule has 0 atom stereocenters. The van der Waals surface area contributed by atoms with Crippen LogP contribution in [0.2, 0.25) is 5.02 Å². The summed E-state index contributed by atoms with van der Waals surface area (Å²) in [6.45, 7) is 0. The largest absolute Gasteiger partial charge is 0.478 e. The van der Waals surface area contributed by atoms with Crippen LogP contribution in [0.15, 0.2) is 83.8 Å². The van der Waals surface area contributed by atoms with Gasteiger partial charge < -0.3 is 9.84 Å². The first-order valence-electron chi connectivity index (χ1n) is 9.43. The predicted molar refractivity (Wildman–Crippen MR) is 125 cm³/mol. The van der Waals surface area contributed by atoms with E-state index in [-0.39, 0.29) is 15.7 Å². The fourth-order valence-electron chi connectivity index (χ4n) is 2.58. The van der Waals surface area contributed by atoms with Gasteiger partial charge in [0.1, 0.15) is 5.75 Å². The third-order valence-electron chi connectivity index (χ3n) is 4.13. The smallest absolute Gasteiger partial charge is 0.343 e. The number of thioether (sulfide) groups is 1. The van der Waals surface area contributed by atoms with Gasteiger partial charge in [0.15, 0.2) is 0 Å². The van der Waals surface area contributed by atoms with Gasteiger partial charge in [0.05, 0.1) is 21.1 Å². The first-order valence-corrected chi connectivity index (χ1v) is 10.6. The van der Waals surface area contributed by atoms with Crippen molar-refractivity contribution >= 4 is 52.5 Å². The number of esters is 1. The zero-order valence-corrected chi connectivity index (χ0v) is 18.4. The zero-order chi connectivity index (χ0) is 23.8. The van der Waals surface area contributed by atoms with Gasteiger partial charge in [0, 0.05) is 0 Å². The molecule has 0 aromatic heterocycles. The Bertz CT molecular complexity index is 1230. The van der Waals surface area contributed by atoms with Gasteiger partial charge in [0.25, 0.3) is 11.1 Å². The van der Waals surface area contributed by atoms with E-state index in [9.17, 15) is 19.2 Å². The molecule has 4 rings (SSSR count). The molecule has 7 nitrogen and oxygen atoms in total. The molecule has 0 radical (unpaired) electrons. The lowest BCUT2D eigenvalue weighted by Gasteiger charge is -2.07. The highest BCUT2D eigenvalue weighted by Crippen LogP contribution is 2.30. The summed E-state index contributed by atoms with van der Waals surface area (Å²) in [6.07, 6.45) is 1.54. The maximum absolute atomic E-state index is 12.0. The molecular weight excluding hydrogens is 466 g/mol. The lowest BCUT2D eigenvalue weighted by Crippen LogP contribution is -2.17. The van der Waals surface area contributed by atoms with Crippen LogP contribution in [0.4, 0.5) is 4.79 Å². The highest BCUT2D eigenvalue weighted by atomic mass is 35.5. The summed E-state index contributed by atoms with van der Waals surface area (Å²) in [5.74, 6) is -1.62. The number of ether oxygens (including phenoxy) is 1. The van der Waals surface area contributed by atoms with Crippen LogP contribution >= 0.6 is 23.4 Å². The van der Waals surface area contributed by atoms with Crippen molar-refractivity contribution in [1.82, 2.24) is 5.32 Å². The summed E-state index contributed by atoms with van der Waals surface area (Å²) in [5, 5.41) is 10.4. The molecule has 1 heterocycles. The lowest BCUT2D eigenvalue weighted by molar-refractivity contribution is -0.115. The van der Waals surface area contributed by atoms with Crippen LogP contribution in [0.3, 0.4) is 0 Å². The molecular formula is C24H16ClNO6S. The van der Waals surface area contributed by atoms with E-state index in [0.29, 0.717) is 16.7 Å². The zero-order valence-electron chi connectivity index (χ0n) is 16.9. The van der Waals surface area contributed by atoms with E-state index in [4.69, 9.17) is 21.4 Å². The minimum Gasteiger partial charge on any atom is -0.478 e. The Balaban J connectivity index is 0.000000286. The summed E-state index contributed by atoms with van der Waals surface area (Å²) in [6, 6.07) is 21.6. The second-order valence-corrected chi connectivity index (χ2v) is 7.89. The second kappa shape index (κ2) is 11.1. The van der Waals surface area contributed by atoms with Crippen molar-refractivity contribution in [3.63, 3.8) is 0 Å². The molecule has 1 aliphatic rings. The molecule has 9 heteroatoms. The summed E-state index contributed by atoms with van der Waals surface area (Å²) in [5.41, 5.74) is 1.36. The molecule has 0 bridgehead atoms. The van der Waals surface area contributed by atoms with E-state index in [1.165, 1.54) is 6.07 Å². The number of carboxylic acid groups (broad SMARTS) is 1. The van der Waals surface area contributed by atoms with Crippen LogP contribution < -0.4 is 10.1 Å². The van der Waals surface area contributed by atoms with Crippen LogP contribution in [0.5, 0.6) is 5.75 Å². The number of carboxylic acids is 1. The molecule has 1 aliphatic heterocycles. The third kappa shape index (κ3) is 6.80. The maximum atomic E-state index is 12.0. The van der Waals surface area contributed by atoms with Crippen LogP contribution in [0.1, 0.15) is 26.3 Å². The van der Waals surface area contributed by atoms with E-state index in [1.807, 2.05) is 0 Å². The number of amides is 2. The van der Waals surface area contributed by atoms with Gasteiger partial charge in [-0.1, -0.05) is 54.1 Å². The van der Waals surface area contributed by atoms with Gasteiger partial charge in [-0.15, -0.1) is 0 Å². The first-order chi connectivity index (χ1) is 15.8. The van der Waals surface area contributed by atoms with E-state index in [1.54, 1.807) is 78.9 Å². The molecule has 2 N–H and O–H groups in total. The molecule has 2 amide bonds. The Morgan fingerprint density at radius 3 is 2.00 bits per heavy atom. The number of benzene rings is 3. The van der Waals surface area contributed by atoms with Gasteiger partial charge in [-0.3, -0.25) is 14.9 Å². The quantitative estimate of drug-likeness (QED) is 0.297. The van der Waals surface area contributed by atoms with Crippen molar-refractivity contribution in [2.24, 2.45) is 0 Å². The van der Waals surface area contributed by atoms with Crippen molar-refractivity contribution in [2.75, 3.05) is 0 Å². The standard InChI is InChI=1S/C17H10ClNO4S.C7H6O2/c18-12-8-10(9-14-15(20)19-17(22)24-14)6-7-13(12)23-16(21)11-4-2-1-3-5-11;8-7(9)6-4-2-1-3-5-6/h1-9H,(H,19,20,22);1-5H,(H,8,9)/b14-9-;. The van der Waals surface area contributed by atoms with Crippen LogP contribution in [0.25, 0.3) is 6.08 Å². The molecule has 33 heavy (non-hydrogen) atoms. The maximum Gasteiger partial charge on any atom is 0.343 e. The second-order valence-electron chi connectivity index (χ2n) is 6.47. The Morgan fingerprint density at radius 2 is 1.52 bits per heavy atom. The van der Waals surface area contributed by atoms with Gasteiger partial charge >= 0.3 is 11.9 Å². The molecule has 0 spiro atoms. The Hall–Kier alpha value is -3.88. The summed E-state index contributed by atoms with van der Waals surface area (Å²) in [7, 11) is 0. The average Bonchev–Trinajstić information content (AvgIpc) is 3.13. The van der Waals surface area contributed by atoms with Crippen molar-refractivity contribution < 1.29 is 29.0 Å². The predicted octanol–water partition coefficient (Wildman–Crippen LogP) is 5.27. The van der Waals surface area contributed by atoms with Gasteiger partial charge in [-0.05, 0) is 59.8 Å². The van der Waals surface area contributed by atoms with Crippen LogP contribution in [0, 0.1) is 0 Å².